The summed E-state index contributed by atoms with van der Waals surface area (Å²) in [5.41, 5.74) is 2.27. The standard InChI is InChI=1S/C27H38N6/c1-2-7-21-17-22(12-13-32(21)23-15-19-8-3-4-9-20(14-19)16-23)33-25-11-6-5-10-24(25)30-27(33)26-28-18-29-31-26/h5-6,10-11,18-23H,2-4,7-9,12-17H2,1H3,(H,28,29,31)/t19-,20+,21?,22-,23?/m1/s1. The molecule has 3 aliphatic rings. The van der Waals surface area contributed by atoms with Crippen LogP contribution in [-0.2, 0) is 0 Å². The molecule has 6 heteroatoms. The Balaban J connectivity index is 1.29. The summed E-state index contributed by atoms with van der Waals surface area (Å²) >= 11 is 0. The molecule has 3 aromatic rings. The van der Waals surface area contributed by atoms with Gasteiger partial charge < -0.3 is 4.57 Å². The zero-order valence-electron chi connectivity index (χ0n) is 20.0. The molecule has 1 saturated heterocycles. The number of hydrogen-bond donors (Lipinski definition) is 1. The maximum Gasteiger partial charge on any atom is 0.191 e. The van der Waals surface area contributed by atoms with E-state index in [0.717, 1.165) is 35.0 Å². The van der Waals surface area contributed by atoms with Gasteiger partial charge in [0.05, 0.1) is 11.0 Å². The molecular formula is C27H38N6. The van der Waals surface area contributed by atoms with E-state index in [-0.39, 0.29) is 0 Å². The van der Waals surface area contributed by atoms with Gasteiger partial charge in [0.1, 0.15) is 6.33 Å². The van der Waals surface area contributed by atoms with Crippen molar-refractivity contribution in [2.45, 2.75) is 95.7 Å². The predicted molar refractivity (Wildman–Crippen MR) is 132 cm³/mol. The average molecular weight is 447 g/mol. The number of hydrogen-bond acceptors (Lipinski definition) is 4. The number of benzene rings is 1. The first-order chi connectivity index (χ1) is 16.3. The summed E-state index contributed by atoms with van der Waals surface area (Å²) in [4.78, 5) is 12.4. The molecule has 2 saturated carbocycles. The number of nitrogens with one attached hydrogen (secondary N) is 1. The number of nitrogens with zero attached hydrogens (tertiary/aromatic N) is 5. The van der Waals surface area contributed by atoms with Crippen LogP contribution in [0.2, 0.25) is 0 Å². The van der Waals surface area contributed by atoms with E-state index in [2.05, 4.69) is 55.8 Å². The van der Waals surface area contributed by atoms with Crippen molar-refractivity contribution in [2.24, 2.45) is 11.8 Å². The molecule has 0 radical (unpaired) electrons. The van der Waals surface area contributed by atoms with E-state index >= 15 is 0 Å². The van der Waals surface area contributed by atoms with Crippen molar-refractivity contribution in [3.8, 4) is 11.6 Å². The van der Waals surface area contributed by atoms with Crippen LogP contribution in [0.15, 0.2) is 30.6 Å². The molecular weight excluding hydrogens is 408 g/mol. The SMILES string of the molecule is CCCC1C[C@H](n2c(-c3ncn[nH]3)nc3ccccc32)CCN1C1C[C@H]2CCCC[C@@H](C1)C2. The van der Waals surface area contributed by atoms with E-state index in [1.54, 1.807) is 6.33 Å². The van der Waals surface area contributed by atoms with Crippen molar-refractivity contribution in [2.75, 3.05) is 6.54 Å². The fraction of sp³-hybridized carbons (Fsp3) is 0.667. The van der Waals surface area contributed by atoms with Crippen LogP contribution in [0.4, 0.5) is 0 Å². The Bertz CT molecular complexity index is 1040. The normalized spacial score (nSPS) is 31.0. The predicted octanol–water partition coefficient (Wildman–Crippen LogP) is 5.99. The lowest BCUT2D eigenvalue weighted by atomic mass is 9.76. The minimum Gasteiger partial charge on any atom is -0.318 e. The van der Waals surface area contributed by atoms with Crippen molar-refractivity contribution in [3.05, 3.63) is 30.6 Å². The second-order valence-electron chi connectivity index (χ2n) is 10.9. The highest BCUT2D eigenvalue weighted by Gasteiger charge is 2.39. The fourth-order valence-electron chi connectivity index (χ4n) is 7.41. The monoisotopic (exact) mass is 446 g/mol. The number of imidazole rings is 1. The van der Waals surface area contributed by atoms with Gasteiger partial charge in [0, 0.05) is 24.7 Å². The van der Waals surface area contributed by atoms with Gasteiger partial charge in [0.15, 0.2) is 11.6 Å². The summed E-state index contributed by atoms with van der Waals surface area (Å²) in [5.74, 6) is 3.67. The third-order valence-corrected chi connectivity index (χ3v) is 8.76. The Morgan fingerprint density at radius 1 is 0.970 bits per heavy atom. The summed E-state index contributed by atoms with van der Waals surface area (Å²) in [6.45, 7) is 3.57. The highest BCUT2D eigenvalue weighted by Crippen LogP contribution is 2.43. The minimum absolute atomic E-state index is 0.455. The van der Waals surface area contributed by atoms with Gasteiger partial charge >= 0.3 is 0 Å². The quantitative estimate of drug-likeness (QED) is 0.523. The third kappa shape index (κ3) is 4.11. The van der Waals surface area contributed by atoms with Crippen LogP contribution in [0.3, 0.4) is 0 Å². The Morgan fingerprint density at radius 3 is 2.55 bits per heavy atom. The van der Waals surface area contributed by atoms with Crippen LogP contribution in [0.5, 0.6) is 0 Å². The molecule has 0 amide bonds. The topological polar surface area (TPSA) is 62.6 Å². The minimum atomic E-state index is 0.455. The van der Waals surface area contributed by atoms with Crippen molar-refractivity contribution in [1.82, 2.24) is 29.6 Å². The van der Waals surface area contributed by atoms with Gasteiger partial charge in [0.25, 0.3) is 0 Å². The van der Waals surface area contributed by atoms with Gasteiger partial charge in [-0.2, -0.15) is 5.10 Å². The Kier molecular flexibility index (Phi) is 5.95. The van der Waals surface area contributed by atoms with Crippen LogP contribution in [0, 0.1) is 11.8 Å². The van der Waals surface area contributed by atoms with Crippen molar-refractivity contribution >= 4 is 11.0 Å². The summed E-state index contributed by atoms with van der Waals surface area (Å²) < 4.78 is 2.47. The number of H-pyrrole nitrogens is 1. The van der Waals surface area contributed by atoms with E-state index in [1.165, 1.54) is 82.7 Å². The first-order valence-electron chi connectivity index (χ1n) is 13.4. The molecule has 3 heterocycles. The number of fused-ring (bicyclic) bond motifs is 3. The Hall–Kier alpha value is -2.21. The molecule has 2 unspecified atom stereocenters. The average Bonchev–Trinajstić information content (AvgIpc) is 3.46. The van der Waals surface area contributed by atoms with Gasteiger partial charge in [-0.25, -0.2) is 9.97 Å². The van der Waals surface area contributed by atoms with Gasteiger partial charge in [-0.15, -0.1) is 0 Å². The molecule has 2 bridgehead atoms. The summed E-state index contributed by atoms with van der Waals surface area (Å²) in [6.07, 6.45) is 16.8. The summed E-state index contributed by atoms with van der Waals surface area (Å²) in [6, 6.07) is 10.5. The van der Waals surface area contributed by atoms with E-state index in [4.69, 9.17) is 4.98 Å². The molecule has 3 fully saturated rings. The Labute approximate surface area is 197 Å². The number of aromatic amines is 1. The first-order valence-corrected chi connectivity index (χ1v) is 13.4. The zero-order chi connectivity index (χ0) is 22.2. The molecule has 6 nitrogen and oxygen atoms in total. The molecule has 33 heavy (non-hydrogen) atoms. The van der Waals surface area contributed by atoms with Crippen molar-refractivity contribution < 1.29 is 0 Å². The number of para-hydroxylation sites is 2. The lowest BCUT2D eigenvalue weighted by Gasteiger charge is -2.48. The zero-order valence-corrected chi connectivity index (χ0v) is 20.0. The van der Waals surface area contributed by atoms with E-state index in [9.17, 15) is 0 Å². The van der Waals surface area contributed by atoms with Crippen LogP contribution in [0.25, 0.3) is 22.7 Å². The molecule has 1 aliphatic heterocycles. The molecule has 2 aromatic heterocycles. The summed E-state index contributed by atoms with van der Waals surface area (Å²) in [7, 11) is 0. The van der Waals surface area contributed by atoms with Crippen LogP contribution < -0.4 is 0 Å². The molecule has 2 aliphatic carbocycles. The summed E-state index contributed by atoms with van der Waals surface area (Å²) in [5, 5.41) is 7.17. The van der Waals surface area contributed by atoms with Crippen LogP contribution in [-0.4, -0.2) is 48.3 Å². The van der Waals surface area contributed by atoms with Gasteiger partial charge in [-0.05, 0) is 62.5 Å². The molecule has 176 valence electrons. The van der Waals surface area contributed by atoms with E-state index in [1.807, 2.05) is 0 Å². The smallest absolute Gasteiger partial charge is 0.191 e. The molecule has 0 spiro atoms. The molecule has 6 rings (SSSR count). The number of aromatic nitrogens is 5. The van der Waals surface area contributed by atoms with Gasteiger partial charge in [-0.1, -0.05) is 51.2 Å². The number of rotatable bonds is 5. The Morgan fingerprint density at radius 2 is 1.79 bits per heavy atom. The second kappa shape index (κ2) is 9.21. The highest BCUT2D eigenvalue weighted by molar-refractivity contribution is 5.79. The molecule has 5 atom stereocenters. The number of likely N-dealkylation sites (tertiary alicyclic amines) is 1. The van der Waals surface area contributed by atoms with E-state index in [0.29, 0.717) is 12.1 Å². The van der Waals surface area contributed by atoms with Gasteiger partial charge in [-0.3, -0.25) is 10.00 Å². The maximum atomic E-state index is 4.97. The maximum absolute atomic E-state index is 4.97. The van der Waals surface area contributed by atoms with Crippen molar-refractivity contribution in [3.63, 3.8) is 0 Å². The van der Waals surface area contributed by atoms with Crippen LogP contribution in [0.1, 0.15) is 83.6 Å². The largest absolute Gasteiger partial charge is 0.318 e. The number of piperidine rings is 1. The lowest BCUT2D eigenvalue weighted by Crippen LogP contribution is -2.51. The van der Waals surface area contributed by atoms with Crippen molar-refractivity contribution in [1.29, 1.82) is 0 Å². The lowest BCUT2D eigenvalue weighted by molar-refractivity contribution is 0.0239. The van der Waals surface area contributed by atoms with Crippen LogP contribution >= 0.6 is 0 Å². The van der Waals surface area contributed by atoms with Gasteiger partial charge in [0.2, 0.25) is 0 Å². The first kappa shape index (κ1) is 21.3. The second-order valence-corrected chi connectivity index (χ2v) is 10.9. The van der Waals surface area contributed by atoms with E-state index < -0.39 is 0 Å². The highest BCUT2D eigenvalue weighted by atomic mass is 15.3. The third-order valence-electron chi connectivity index (χ3n) is 8.76. The fourth-order valence-corrected chi connectivity index (χ4v) is 7.41. The molecule has 1 aromatic carbocycles. The molecule has 1 N–H and O–H groups in total.